The van der Waals surface area contributed by atoms with E-state index in [1.54, 1.807) is 30.0 Å². The monoisotopic (exact) mass is 284 g/mol. The van der Waals surface area contributed by atoms with Crippen LogP contribution < -0.4 is 5.69 Å². The molecule has 0 amide bonds. The van der Waals surface area contributed by atoms with E-state index in [0.717, 1.165) is 4.90 Å². The number of fused-ring (bicyclic) bond motifs is 1. The molecule has 0 saturated heterocycles. The lowest BCUT2D eigenvalue weighted by Gasteiger charge is -2.02. The molecule has 0 aliphatic carbocycles. The normalized spacial score (nSPS) is 10.8. The van der Waals surface area contributed by atoms with Crippen LogP contribution >= 0.6 is 11.8 Å². The minimum atomic E-state index is -0.270. The second-order valence-corrected chi connectivity index (χ2v) is 5.28. The molecule has 0 unspecified atom stereocenters. The van der Waals surface area contributed by atoms with Gasteiger partial charge in [-0.3, -0.25) is 4.79 Å². The number of imidazole rings is 1. The standard InChI is InChI=1S/C15H12N2O2S/c1-20-11-5-2-9(3-6-11)14(18)10-4-7-12-13(8-10)17-15(19)16-12/h2-8H,1H3,(H2,16,17,19). The van der Waals surface area contributed by atoms with Crippen LogP contribution in [0.4, 0.5) is 0 Å². The number of hydrogen-bond acceptors (Lipinski definition) is 3. The summed E-state index contributed by atoms with van der Waals surface area (Å²) in [6, 6.07) is 12.6. The summed E-state index contributed by atoms with van der Waals surface area (Å²) in [5.74, 6) is -0.0541. The molecule has 5 heteroatoms. The molecule has 1 heterocycles. The fourth-order valence-electron chi connectivity index (χ4n) is 2.08. The smallest absolute Gasteiger partial charge is 0.306 e. The topological polar surface area (TPSA) is 65.7 Å². The Kier molecular flexibility index (Phi) is 3.20. The van der Waals surface area contributed by atoms with Gasteiger partial charge in [-0.15, -0.1) is 11.8 Å². The van der Waals surface area contributed by atoms with Crippen LogP contribution in [0.1, 0.15) is 15.9 Å². The number of aromatic nitrogens is 2. The van der Waals surface area contributed by atoms with Gasteiger partial charge in [0.25, 0.3) is 0 Å². The summed E-state index contributed by atoms with van der Waals surface area (Å²) in [6.07, 6.45) is 1.99. The molecule has 0 spiro atoms. The first-order chi connectivity index (χ1) is 9.67. The lowest BCUT2D eigenvalue weighted by Crippen LogP contribution is -2.01. The van der Waals surface area contributed by atoms with Crippen LogP contribution in [0.2, 0.25) is 0 Å². The molecule has 2 N–H and O–H groups in total. The molecule has 0 radical (unpaired) electrons. The van der Waals surface area contributed by atoms with Crippen LogP contribution in [0.25, 0.3) is 11.0 Å². The number of aromatic amines is 2. The first-order valence-corrected chi connectivity index (χ1v) is 7.30. The van der Waals surface area contributed by atoms with Crippen LogP contribution in [0, 0.1) is 0 Å². The summed E-state index contributed by atoms with van der Waals surface area (Å²) >= 11 is 1.63. The Morgan fingerprint density at radius 1 is 0.950 bits per heavy atom. The number of nitrogens with one attached hydrogen (secondary N) is 2. The van der Waals surface area contributed by atoms with Crippen molar-refractivity contribution in [2.24, 2.45) is 0 Å². The zero-order valence-electron chi connectivity index (χ0n) is 10.8. The number of benzene rings is 2. The summed E-state index contributed by atoms with van der Waals surface area (Å²) in [7, 11) is 0. The fraction of sp³-hybridized carbons (Fsp3) is 0.0667. The lowest BCUT2D eigenvalue weighted by atomic mass is 10.0. The van der Waals surface area contributed by atoms with Crippen LogP contribution in [0.15, 0.2) is 52.2 Å². The Morgan fingerprint density at radius 2 is 1.60 bits per heavy atom. The molecule has 0 saturated carbocycles. The summed E-state index contributed by atoms with van der Waals surface area (Å²) in [4.78, 5) is 30.0. The summed E-state index contributed by atoms with van der Waals surface area (Å²) in [5.41, 5.74) is 2.27. The highest BCUT2D eigenvalue weighted by molar-refractivity contribution is 7.98. The maximum Gasteiger partial charge on any atom is 0.323 e. The molecule has 0 atom stereocenters. The molecule has 0 aliphatic heterocycles. The van der Waals surface area contributed by atoms with Crippen molar-refractivity contribution in [3.63, 3.8) is 0 Å². The van der Waals surface area contributed by atoms with Gasteiger partial charge in [0.15, 0.2) is 5.78 Å². The molecule has 3 aromatic rings. The van der Waals surface area contributed by atoms with E-state index < -0.39 is 0 Å². The zero-order chi connectivity index (χ0) is 14.1. The van der Waals surface area contributed by atoms with Crippen LogP contribution in [-0.2, 0) is 0 Å². The van der Waals surface area contributed by atoms with Gasteiger partial charge >= 0.3 is 5.69 Å². The SMILES string of the molecule is CSc1ccc(C(=O)c2ccc3[nH]c(=O)[nH]c3c2)cc1. The largest absolute Gasteiger partial charge is 0.323 e. The molecular weight excluding hydrogens is 272 g/mol. The van der Waals surface area contributed by atoms with E-state index in [0.29, 0.717) is 22.2 Å². The van der Waals surface area contributed by atoms with Crippen molar-refractivity contribution in [1.82, 2.24) is 9.97 Å². The number of carbonyl (C=O) groups excluding carboxylic acids is 1. The quantitative estimate of drug-likeness (QED) is 0.574. The third-order valence-corrected chi connectivity index (χ3v) is 3.87. The first-order valence-electron chi connectivity index (χ1n) is 6.08. The maximum atomic E-state index is 12.4. The lowest BCUT2D eigenvalue weighted by molar-refractivity contribution is 0.103. The van der Waals surface area contributed by atoms with Crippen molar-refractivity contribution >= 4 is 28.6 Å². The van der Waals surface area contributed by atoms with Crippen molar-refractivity contribution in [2.45, 2.75) is 4.90 Å². The Hall–Kier alpha value is -2.27. The van der Waals surface area contributed by atoms with E-state index >= 15 is 0 Å². The summed E-state index contributed by atoms with van der Waals surface area (Å²) in [5, 5.41) is 0. The Balaban J connectivity index is 2.00. The molecule has 2 aromatic carbocycles. The minimum Gasteiger partial charge on any atom is -0.306 e. The van der Waals surface area contributed by atoms with Crippen LogP contribution in [0.5, 0.6) is 0 Å². The van der Waals surface area contributed by atoms with Crippen molar-refractivity contribution in [2.75, 3.05) is 6.26 Å². The van der Waals surface area contributed by atoms with E-state index in [1.807, 2.05) is 30.5 Å². The Labute approximate surface area is 119 Å². The average molecular weight is 284 g/mol. The van der Waals surface area contributed by atoms with Crippen molar-refractivity contribution in [1.29, 1.82) is 0 Å². The third-order valence-electron chi connectivity index (χ3n) is 3.13. The maximum absolute atomic E-state index is 12.4. The molecule has 100 valence electrons. The van der Waals surface area contributed by atoms with Gasteiger partial charge in [0, 0.05) is 16.0 Å². The first kappa shape index (κ1) is 12.7. The number of hydrogen-bond donors (Lipinski definition) is 2. The van der Waals surface area contributed by atoms with Gasteiger partial charge in [-0.2, -0.15) is 0 Å². The molecule has 0 bridgehead atoms. The summed E-state index contributed by atoms with van der Waals surface area (Å²) < 4.78 is 0. The molecule has 0 aliphatic rings. The van der Waals surface area contributed by atoms with Gasteiger partial charge in [0.05, 0.1) is 11.0 Å². The number of thioether (sulfide) groups is 1. The van der Waals surface area contributed by atoms with Gasteiger partial charge in [0.2, 0.25) is 0 Å². The predicted octanol–water partition coefficient (Wildman–Crippen LogP) is 2.81. The minimum absolute atomic E-state index is 0.0541. The van der Waals surface area contributed by atoms with Gasteiger partial charge in [-0.25, -0.2) is 4.79 Å². The predicted molar refractivity (Wildman–Crippen MR) is 80.6 cm³/mol. The molecule has 3 rings (SSSR count). The highest BCUT2D eigenvalue weighted by atomic mass is 32.2. The second-order valence-electron chi connectivity index (χ2n) is 4.40. The zero-order valence-corrected chi connectivity index (χ0v) is 11.6. The van der Waals surface area contributed by atoms with Crippen LogP contribution in [-0.4, -0.2) is 22.0 Å². The number of H-pyrrole nitrogens is 2. The fourth-order valence-corrected chi connectivity index (χ4v) is 2.49. The van der Waals surface area contributed by atoms with Gasteiger partial charge in [-0.1, -0.05) is 0 Å². The summed E-state index contributed by atoms with van der Waals surface area (Å²) in [6.45, 7) is 0. The van der Waals surface area contributed by atoms with Gasteiger partial charge < -0.3 is 9.97 Å². The highest BCUT2D eigenvalue weighted by Crippen LogP contribution is 2.18. The molecule has 0 fully saturated rings. The molecule has 1 aromatic heterocycles. The van der Waals surface area contributed by atoms with Crippen molar-refractivity contribution < 1.29 is 4.79 Å². The van der Waals surface area contributed by atoms with Crippen molar-refractivity contribution in [3.8, 4) is 0 Å². The molecule has 4 nitrogen and oxygen atoms in total. The van der Waals surface area contributed by atoms with Crippen molar-refractivity contribution in [3.05, 3.63) is 64.1 Å². The van der Waals surface area contributed by atoms with Gasteiger partial charge in [0.1, 0.15) is 0 Å². The Morgan fingerprint density at radius 3 is 2.30 bits per heavy atom. The Bertz CT molecular complexity index is 831. The van der Waals surface area contributed by atoms with Gasteiger partial charge in [-0.05, 0) is 48.7 Å². The van der Waals surface area contributed by atoms with E-state index in [9.17, 15) is 9.59 Å². The average Bonchev–Trinajstić information content (AvgIpc) is 2.85. The van der Waals surface area contributed by atoms with Crippen LogP contribution in [0.3, 0.4) is 0 Å². The van der Waals surface area contributed by atoms with E-state index in [1.165, 1.54) is 0 Å². The highest BCUT2D eigenvalue weighted by Gasteiger charge is 2.10. The van der Waals surface area contributed by atoms with E-state index in [4.69, 9.17) is 0 Å². The number of ketones is 1. The number of carbonyl (C=O) groups is 1. The third kappa shape index (κ3) is 2.28. The molecular formula is C15H12N2O2S. The number of rotatable bonds is 3. The van der Waals surface area contributed by atoms with E-state index in [-0.39, 0.29) is 11.5 Å². The second kappa shape index (κ2) is 5.02. The van der Waals surface area contributed by atoms with E-state index in [2.05, 4.69) is 9.97 Å². The molecule has 20 heavy (non-hydrogen) atoms.